The largest absolute Gasteiger partial charge is 0.439 e. The molecule has 0 unspecified atom stereocenters. The number of aryl methyl sites for hydroxylation is 2. The van der Waals surface area contributed by atoms with Gasteiger partial charge in [0.1, 0.15) is 11.6 Å². The third-order valence-corrected chi connectivity index (χ3v) is 3.93. The molecule has 1 amide bonds. The second-order valence-electron chi connectivity index (χ2n) is 6.15. The van der Waals surface area contributed by atoms with Gasteiger partial charge >= 0.3 is 0 Å². The SMILES string of the molecule is CCc1noc(CCCC(=O)NCc2ccc(Oc3cccc(F)c3)nc2)n1. The van der Waals surface area contributed by atoms with E-state index in [1.165, 1.54) is 12.1 Å². The first kappa shape index (κ1) is 19.5. The lowest BCUT2D eigenvalue weighted by atomic mass is 10.2. The number of hydrogen-bond donors (Lipinski definition) is 1. The normalized spacial score (nSPS) is 10.6. The average molecular weight is 384 g/mol. The number of hydrogen-bond acceptors (Lipinski definition) is 6. The van der Waals surface area contributed by atoms with Crippen molar-refractivity contribution in [3.63, 3.8) is 0 Å². The maximum Gasteiger partial charge on any atom is 0.226 e. The summed E-state index contributed by atoms with van der Waals surface area (Å²) >= 11 is 0. The lowest BCUT2D eigenvalue weighted by molar-refractivity contribution is -0.121. The van der Waals surface area contributed by atoms with Crippen LogP contribution >= 0.6 is 0 Å². The number of carbonyl (C=O) groups is 1. The van der Waals surface area contributed by atoms with Crippen molar-refractivity contribution in [2.45, 2.75) is 39.2 Å². The number of nitrogens with zero attached hydrogens (tertiary/aromatic N) is 3. The van der Waals surface area contributed by atoms with Crippen molar-refractivity contribution in [2.24, 2.45) is 0 Å². The van der Waals surface area contributed by atoms with E-state index in [0.717, 1.165) is 12.0 Å². The van der Waals surface area contributed by atoms with E-state index in [9.17, 15) is 9.18 Å². The summed E-state index contributed by atoms with van der Waals surface area (Å²) < 4.78 is 23.7. The quantitative estimate of drug-likeness (QED) is 0.606. The van der Waals surface area contributed by atoms with E-state index in [2.05, 4.69) is 20.4 Å². The number of pyridine rings is 1. The first-order chi connectivity index (χ1) is 13.6. The van der Waals surface area contributed by atoms with E-state index >= 15 is 0 Å². The van der Waals surface area contributed by atoms with Crippen molar-refractivity contribution in [2.75, 3.05) is 0 Å². The standard InChI is InChI=1S/C20H21FN4O3/c1-2-17-24-20(28-25-17)8-4-7-18(26)22-12-14-9-10-19(23-13-14)27-16-6-3-5-15(21)11-16/h3,5-6,9-11,13H,2,4,7-8,12H2,1H3,(H,22,26). The Morgan fingerprint density at radius 3 is 2.89 bits per heavy atom. The number of aromatic nitrogens is 3. The molecule has 0 spiro atoms. The van der Waals surface area contributed by atoms with E-state index in [1.54, 1.807) is 30.5 Å². The van der Waals surface area contributed by atoms with E-state index in [-0.39, 0.29) is 11.7 Å². The fourth-order valence-electron chi connectivity index (χ4n) is 2.45. The predicted octanol–water partition coefficient (Wildman–Crippen LogP) is 3.60. The number of carbonyl (C=O) groups excluding carboxylic acids is 1. The second kappa shape index (κ2) is 9.59. The molecule has 0 aliphatic rings. The third kappa shape index (κ3) is 5.87. The Hall–Kier alpha value is -3.29. The maximum absolute atomic E-state index is 13.2. The molecule has 2 heterocycles. The summed E-state index contributed by atoms with van der Waals surface area (Å²) in [7, 11) is 0. The Labute approximate surface area is 161 Å². The molecule has 8 heteroatoms. The zero-order chi connectivity index (χ0) is 19.8. The van der Waals surface area contributed by atoms with E-state index in [4.69, 9.17) is 9.26 Å². The third-order valence-electron chi connectivity index (χ3n) is 3.93. The van der Waals surface area contributed by atoms with Crippen LogP contribution < -0.4 is 10.1 Å². The van der Waals surface area contributed by atoms with Crippen LogP contribution in [0.2, 0.25) is 0 Å². The number of halogens is 1. The van der Waals surface area contributed by atoms with Crippen LogP contribution in [0.4, 0.5) is 4.39 Å². The first-order valence-electron chi connectivity index (χ1n) is 9.09. The molecule has 0 radical (unpaired) electrons. The fourth-order valence-corrected chi connectivity index (χ4v) is 2.45. The molecule has 2 aromatic heterocycles. The van der Waals surface area contributed by atoms with Gasteiger partial charge in [-0.2, -0.15) is 4.98 Å². The maximum atomic E-state index is 13.2. The fraction of sp³-hybridized carbons (Fsp3) is 0.300. The van der Waals surface area contributed by atoms with Crippen molar-refractivity contribution < 1.29 is 18.4 Å². The Balaban J connectivity index is 1.39. The molecule has 0 aliphatic heterocycles. The number of nitrogens with one attached hydrogen (secondary N) is 1. The molecule has 146 valence electrons. The van der Waals surface area contributed by atoms with Gasteiger partial charge in [0, 0.05) is 44.1 Å². The predicted molar refractivity (Wildman–Crippen MR) is 99.2 cm³/mol. The summed E-state index contributed by atoms with van der Waals surface area (Å²) in [6.07, 6.45) is 3.92. The zero-order valence-electron chi connectivity index (χ0n) is 15.5. The molecule has 3 rings (SSSR count). The van der Waals surface area contributed by atoms with Crippen LogP contribution in [-0.4, -0.2) is 21.0 Å². The highest BCUT2D eigenvalue weighted by Crippen LogP contribution is 2.20. The van der Waals surface area contributed by atoms with Crippen molar-refractivity contribution in [3.8, 4) is 11.6 Å². The summed E-state index contributed by atoms with van der Waals surface area (Å²) in [5, 5.41) is 6.67. The smallest absolute Gasteiger partial charge is 0.226 e. The Bertz CT molecular complexity index is 912. The molecular formula is C20H21FN4O3. The van der Waals surface area contributed by atoms with Crippen molar-refractivity contribution in [1.82, 2.24) is 20.4 Å². The van der Waals surface area contributed by atoms with Crippen molar-refractivity contribution in [3.05, 3.63) is 65.7 Å². The highest BCUT2D eigenvalue weighted by Gasteiger charge is 2.07. The summed E-state index contributed by atoms with van der Waals surface area (Å²) in [4.78, 5) is 20.3. The van der Waals surface area contributed by atoms with Crippen molar-refractivity contribution in [1.29, 1.82) is 0 Å². The molecule has 0 aliphatic carbocycles. The van der Waals surface area contributed by atoms with Crippen LogP contribution in [0.1, 0.15) is 37.0 Å². The van der Waals surface area contributed by atoms with Crippen LogP contribution in [0.5, 0.6) is 11.6 Å². The van der Waals surface area contributed by atoms with Crippen LogP contribution in [0.25, 0.3) is 0 Å². The van der Waals surface area contributed by atoms with Crippen LogP contribution in [0.15, 0.2) is 47.1 Å². The molecule has 3 aromatic rings. The molecule has 0 saturated carbocycles. The van der Waals surface area contributed by atoms with Gasteiger partial charge < -0.3 is 14.6 Å². The van der Waals surface area contributed by atoms with Gasteiger partial charge in [0.2, 0.25) is 17.7 Å². The molecular weight excluding hydrogens is 363 g/mol. The van der Waals surface area contributed by atoms with E-state index < -0.39 is 0 Å². The van der Waals surface area contributed by atoms with E-state index in [0.29, 0.717) is 49.2 Å². The van der Waals surface area contributed by atoms with Gasteiger partial charge in [-0.05, 0) is 24.1 Å². The molecule has 1 N–H and O–H groups in total. The van der Waals surface area contributed by atoms with Gasteiger partial charge in [0.05, 0.1) is 0 Å². The summed E-state index contributed by atoms with van der Waals surface area (Å²) in [5.74, 6) is 1.53. The molecule has 0 saturated heterocycles. The highest BCUT2D eigenvalue weighted by molar-refractivity contribution is 5.75. The minimum absolute atomic E-state index is 0.0599. The molecule has 28 heavy (non-hydrogen) atoms. The molecule has 1 aromatic carbocycles. The minimum atomic E-state index is -0.373. The topological polar surface area (TPSA) is 90.1 Å². The van der Waals surface area contributed by atoms with Crippen LogP contribution in [0.3, 0.4) is 0 Å². The number of ether oxygens (including phenoxy) is 1. The molecule has 0 bridgehead atoms. The second-order valence-corrected chi connectivity index (χ2v) is 6.15. The molecule has 0 fully saturated rings. The Morgan fingerprint density at radius 2 is 2.18 bits per heavy atom. The van der Waals surface area contributed by atoms with Gasteiger partial charge in [-0.1, -0.05) is 24.2 Å². The van der Waals surface area contributed by atoms with Gasteiger partial charge in [0.15, 0.2) is 5.82 Å². The lowest BCUT2D eigenvalue weighted by Gasteiger charge is -2.07. The van der Waals surface area contributed by atoms with Crippen molar-refractivity contribution >= 4 is 5.91 Å². The van der Waals surface area contributed by atoms with Gasteiger partial charge in [-0.25, -0.2) is 9.37 Å². The minimum Gasteiger partial charge on any atom is -0.439 e. The molecule has 0 atom stereocenters. The Morgan fingerprint density at radius 1 is 1.29 bits per heavy atom. The van der Waals surface area contributed by atoms with Crippen LogP contribution in [0, 0.1) is 5.82 Å². The molecule has 7 nitrogen and oxygen atoms in total. The Kier molecular flexibility index (Phi) is 6.67. The summed E-state index contributed by atoms with van der Waals surface area (Å²) in [6.45, 7) is 2.32. The van der Waals surface area contributed by atoms with E-state index in [1.807, 2.05) is 6.92 Å². The summed E-state index contributed by atoms with van der Waals surface area (Å²) in [5.41, 5.74) is 0.837. The van der Waals surface area contributed by atoms with Gasteiger partial charge in [-0.15, -0.1) is 0 Å². The van der Waals surface area contributed by atoms with Gasteiger partial charge in [0.25, 0.3) is 0 Å². The monoisotopic (exact) mass is 384 g/mol. The van der Waals surface area contributed by atoms with Crippen LogP contribution in [-0.2, 0) is 24.2 Å². The number of benzene rings is 1. The van der Waals surface area contributed by atoms with Gasteiger partial charge in [-0.3, -0.25) is 4.79 Å². The lowest BCUT2D eigenvalue weighted by Crippen LogP contribution is -2.22. The number of rotatable bonds is 9. The number of amides is 1. The summed E-state index contributed by atoms with van der Waals surface area (Å²) in [6, 6.07) is 9.32. The zero-order valence-corrected chi connectivity index (χ0v) is 15.5. The first-order valence-corrected chi connectivity index (χ1v) is 9.09. The average Bonchev–Trinajstić information content (AvgIpc) is 3.15. The highest BCUT2D eigenvalue weighted by atomic mass is 19.1.